The maximum atomic E-state index is 13.6. The number of fused-ring (bicyclic) bond motifs is 1. The van der Waals surface area contributed by atoms with Gasteiger partial charge in [0.1, 0.15) is 0 Å². The number of carbonyl (C=O) groups excluding carboxylic acids is 2. The van der Waals surface area contributed by atoms with Crippen molar-refractivity contribution in [3.05, 3.63) is 66.0 Å². The molecule has 2 aromatic carbocycles. The average Bonchev–Trinajstić information content (AvgIpc) is 3.43. The lowest BCUT2D eigenvalue weighted by atomic mass is 10.1. The van der Waals surface area contributed by atoms with E-state index in [4.69, 9.17) is 0 Å². The largest absolute Gasteiger partial charge is 0.419 e. The van der Waals surface area contributed by atoms with Gasteiger partial charge in [0, 0.05) is 95.3 Å². The van der Waals surface area contributed by atoms with Gasteiger partial charge in [-0.2, -0.15) is 22.6 Å². The van der Waals surface area contributed by atoms with Crippen molar-refractivity contribution in [2.24, 2.45) is 7.05 Å². The number of nitrogens with zero attached hydrogens (tertiary/aromatic N) is 8. The number of nitrogens with one attached hydrogen (secondary N) is 2. The van der Waals surface area contributed by atoms with E-state index in [0.29, 0.717) is 38.3 Å². The number of hydrogen-bond acceptors (Lipinski definition) is 10. The summed E-state index contributed by atoms with van der Waals surface area (Å²) in [5.41, 5.74) is 1.89. The van der Waals surface area contributed by atoms with E-state index in [-0.39, 0.29) is 48.8 Å². The molecule has 270 valence electrons. The van der Waals surface area contributed by atoms with Gasteiger partial charge in [0.25, 0.3) is 0 Å². The highest BCUT2D eigenvalue weighted by atomic mass is 32.2. The number of rotatable bonds is 8. The maximum Gasteiger partial charge on any atom is 0.419 e. The highest BCUT2D eigenvalue weighted by Gasteiger charge is 2.33. The van der Waals surface area contributed by atoms with Gasteiger partial charge >= 0.3 is 12.2 Å². The molecule has 0 unspecified atom stereocenters. The van der Waals surface area contributed by atoms with Gasteiger partial charge in [0.2, 0.25) is 21.9 Å². The van der Waals surface area contributed by atoms with Crippen molar-refractivity contribution in [2.75, 3.05) is 60.9 Å². The van der Waals surface area contributed by atoms with Crippen LogP contribution in [0, 0.1) is 0 Å². The number of alkyl halides is 3. The molecule has 2 N–H and O–H groups in total. The molecule has 7 rings (SSSR count). The number of urea groups is 1. The second-order valence-corrected chi connectivity index (χ2v) is 14.9. The molecule has 0 aliphatic carbocycles. The number of benzene rings is 2. The fraction of sp³-hybridized carbons (Fsp3) is 0.424. The number of amides is 3. The summed E-state index contributed by atoms with van der Waals surface area (Å²) >= 11 is 0. The molecule has 2 aromatic heterocycles. The zero-order valence-electron chi connectivity index (χ0n) is 27.8. The highest BCUT2D eigenvalue weighted by Crippen LogP contribution is 2.31. The molecule has 3 fully saturated rings. The summed E-state index contributed by atoms with van der Waals surface area (Å²) in [7, 11) is -1.93. The third-order valence-corrected chi connectivity index (χ3v) is 11.5. The van der Waals surface area contributed by atoms with Crippen LogP contribution in [-0.4, -0.2) is 101 Å². The van der Waals surface area contributed by atoms with Crippen LogP contribution < -0.4 is 20.4 Å². The van der Waals surface area contributed by atoms with Crippen LogP contribution in [0.25, 0.3) is 10.9 Å². The third kappa shape index (κ3) is 7.34. The summed E-state index contributed by atoms with van der Waals surface area (Å²) in [5, 5.41) is 10.8. The first-order valence-corrected chi connectivity index (χ1v) is 18.1. The zero-order valence-corrected chi connectivity index (χ0v) is 28.6. The Balaban J connectivity index is 0.932. The number of carbonyl (C=O) groups is 2. The molecule has 0 atom stereocenters. The molecular formula is C33H37F3N10O4S. The Bertz CT molecular complexity index is 2040. The van der Waals surface area contributed by atoms with Crippen molar-refractivity contribution in [1.82, 2.24) is 34.3 Å². The second kappa shape index (κ2) is 13.7. The van der Waals surface area contributed by atoms with Gasteiger partial charge in [-0.15, -0.1) is 0 Å². The van der Waals surface area contributed by atoms with Crippen molar-refractivity contribution < 1.29 is 31.2 Å². The Hall–Kier alpha value is -4.81. The lowest BCUT2D eigenvalue weighted by Crippen LogP contribution is -2.49. The van der Waals surface area contributed by atoms with Crippen molar-refractivity contribution in [2.45, 2.75) is 42.9 Å². The topological polar surface area (TPSA) is 149 Å². The van der Waals surface area contributed by atoms with Gasteiger partial charge in [0.15, 0.2) is 5.82 Å². The number of piperidine rings is 1. The zero-order chi connectivity index (χ0) is 35.9. The number of piperazine rings is 1. The summed E-state index contributed by atoms with van der Waals surface area (Å²) in [5.74, 6) is 0.305. The van der Waals surface area contributed by atoms with Gasteiger partial charge in [-0.3, -0.25) is 24.6 Å². The van der Waals surface area contributed by atoms with Crippen LogP contribution in [0.3, 0.4) is 0 Å². The first kappa shape index (κ1) is 34.6. The molecular weight excluding hydrogens is 689 g/mol. The SMILES string of the molecule is Cn1nc(N2CCC(=O)NC2=O)c2ccc(CN3CCN(c4cccc(S(=O)(=O)N5CCC(Nc6ncc(C(F)(F)F)cn6)CC5)c4)CC3)cc21. The standard InChI is InChI=1S/C33H37F3N10O4S/c1-42-28-17-22(5-6-27(28)30(41-42)46-12-9-29(47)40-32(46)48)21-43-13-15-44(16-14-43)25-3-2-4-26(18-25)51(49,50)45-10-7-24(8-11-45)39-31-37-19-23(20-38-31)33(34,35)36/h2-6,17-20,24H,7-16,21H2,1H3,(H,37,38,39)(H,40,47,48). The van der Waals surface area contributed by atoms with E-state index in [1.54, 1.807) is 22.9 Å². The van der Waals surface area contributed by atoms with Gasteiger partial charge in [-0.25, -0.2) is 23.2 Å². The maximum absolute atomic E-state index is 13.6. The molecule has 18 heteroatoms. The monoisotopic (exact) mass is 726 g/mol. The first-order chi connectivity index (χ1) is 24.3. The Morgan fingerprint density at radius 2 is 1.67 bits per heavy atom. The summed E-state index contributed by atoms with van der Waals surface area (Å²) in [4.78, 5) is 37.8. The van der Waals surface area contributed by atoms with Crippen molar-refractivity contribution in [3.8, 4) is 0 Å². The fourth-order valence-corrected chi connectivity index (χ4v) is 8.24. The summed E-state index contributed by atoms with van der Waals surface area (Å²) < 4.78 is 68.9. The summed E-state index contributed by atoms with van der Waals surface area (Å²) in [6.07, 6.45) is -1.93. The van der Waals surface area contributed by atoms with Crippen LogP contribution in [0.2, 0.25) is 0 Å². The van der Waals surface area contributed by atoms with Crippen molar-refractivity contribution >= 4 is 50.3 Å². The molecule has 4 aromatic rings. The molecule has 3 aliphatic heterocycles. The highest BCUT2D eigenvalue weighted by molar-refractivity contribution is 7.89. The molecule has 3 aliphatic rings. The molecule has 0 saturated carbocycles. The number of aromatic nitrogens is 4. The predicted molar refractivity (Wildman–Crippen MR) is 183 cm³/mol. The van der Waals surface area contributed by atoms with E-state index in [1.807, 2.05) is 25.2 Å². The lowest BCUT2D eigenvalue weighted by Gasteiger charge is -2.36. The Morgan fingerprint density at radius 3 is 2.35 bits per heavy atom. The summed E-state index contributed by atoms with van der Waals surface area (Å²) in [6.45, 7) is 4.48. The van der Waals surface area contributed by atoms with Crippen LogP contribution >= 0.6 is 0 Å². The van der Waals surface area contributed by atoms with E-state index in [1.165, 1.54) is 9.21 Å². The van der Waals surface area contributed by atoms with Crippen LogP contribution in [0.15, 0.2) is 59.8 Å². The fourth-order valence-electron chi connectivity index (χ4n) is 6.73. The molecule has 3 amide bonds. The van der Waals surface area contributed by atoms with E-state index in [9.17, 15) is 31.2 Å². The number of hydrogen-bond donors (Lipinski definition) is 2. The minimum atomic E-state index is -4.52. The van der Waals surface area contributed by atoms with Gasteiger partial charge in [-0.1, -0.05) is 12.1 Å². The summed E-state index contributed by atoms with van der Waals surface area (Å²) in [6, 6.07) is 12.4. The Kier molecular flexibility index (Phi) is 9.32. The van der Waals surface area contributed by atoms with Crippen molar-refractivity contribution in [1.29, 1.82) is 0 Å². The number of imide groups is 1. The molecule has 51 heavy (non-hydrogen) atoms. The van der Waals surface area contributed by atoms with Crippen LogP contribution in [-0.2, 0) is 34.6 Å². The normalized spacial score (nSPS) is 18.7. The molecule has 14 nitrogen and oxygen atoms in total. The number of sulfonamides is 1. The smallest absolute Gasteiger partial charge is 0.369 e. The van der Waals surface area contributed by atoms with Crippen LogP contribution in [0.4, 0.5) is 35.4 Å². The first-order valence-electron chi connectivity index (χ1n) is 16.7. The van der Waals surface area contributed by atoms with E-state index in [2.05, 4.69) is 41.6 Å². The third-order valence-electron chi connectivity index (χ3n) is 9.57. The molecule has 3 saturated heterocycles. The van der Waals surface area contributed by atoms with Crippen LogP contribution in [0.5, 0.6) is 0 Å². The number of anilines is 3. The quantitative estimate of drug-likeness (QED) is 0.277. The molecule has 5 heterocycles. The molecule has 0 spiro atoms. The predicted octanol–water partition coefficient (Wildman–Crippen LogP) is 3.42. The minimum Gasteiger partial charge on any atom is -0.369 e. The van der Waals surface area contributed by atoms with Crippen molar-refractivity contribution in [3.63, 3.8) is 0 Å². The molecule has 0 bridgehead atoms. The van der Waals surface area contributed by atoms with E-state index in [0.717, 1.165) is 47.6 Å². The van der Waals surface area contributed by atoms with E-state index < -0.39 is 27.8 Å². The number of aryl methyl sites for hydroxylation is 1. The Labute approximate surface area is 292 Å². The van der Waals surface area contributed by atoms with Crippen LogP contribution in [0.1, 0.15) is 30.4 Å². The molecule has 0 radical (unpaired) electrons. The van der Waals surface area contributed by atoms with Gasteiger partial charge in [0.05, 0.1) is 16.0 Å². The second-order valence-electron chi connectivity index (χ2n) is 12.9. The Morgan fingerprint density at radius 1 is 0.941 bits per heavy atom. The minimum absolute atomic E-state index is 0.0746. The average molecular weight is 727 g/mol. The van der Waals surface area contributed by atoms with Gasteiger partial charge < -0.3 is 10.2 Å². The number of halogens is 3. The van der Waals surface area contributed by atoms with E-state index >= 15 is 0 Å². The van der Waals surface area contributed by atoms with Gasteiger partial charge in [-0.05, 0) is 48.7 Å². The lowest BCUT2D eigenvalue weighted by molar-refractivity contribution is -0.138.